The second kappa shape index (κ2) is 4.74. The second-order valence-electron chi connectivity index (χ2n) is 5.00. The van der Waals surface area contributed by atoms with Crippen LogP contribution in [0.2, 0.25) is 0 Å². The smallest absolute Gasteiger partial charge is 0.239 e. The summed E-state index contributed by atoms with van der Waals surface area (Å²) in [4.78, 5) is 17.2. The summed E-state index contributed by atoms with van der Waals surface area (Å²) in [7, 11) is 1.66. The minimum atomic E-state index is -0.543. The third-order valence-corrected chi connectivity index (χ3v) is 4.16. The van der Waals surface area contributed by atoms with Crippen LogP contribution < -0.4 is 10.6 Å². The normalized spacial score (nSPS) is 15.9. The highest BCUT2D eigenvalue weighted by molar-refractivity contribution is 7.11. The van der Waals surface area contributed by atoms with Crippen LogP contribution in [0.15, 0.2) is 6.20 Å². The summed E-state index contributed by atoms with van der Waals surface area (Å²) >= 11 is 1.76. The molecule has 0 atom stereocenters. The molecule has 1 aromatic rings. The van der Waals surface area contributed by atoms with E-state index in [9.17, 15) is 4.79 Å². The first kappa shape index (κ1) is 12.5. The van der Waals surface area contributed by atoms with Crippen molar-refractivity contribution in [2.45, 2.75) is 44.7 Å². The summed E-state index contributed by atoms with van der Waals surface area (Å²) in [6.07, 6.45) is 4.49. The van der Waals surface area contributed by atoms with Gasteiger partial charge in [-0.05, 0) is 26.7 Å². The van der Waals surface area contributed by atoms with E-state index in [1.807, 2.05) is 20.0 Å². The topological polar surface area (TPSA) is 54.0 Å². The number of aromatic nitrogens is 1. The van der Waals surface area contributed by atoms with Gasteiger partial charge in [-0.3, -0.25) is 10.1 Å². The molecule has 1 fully saturated rings. The van der Waals surface area contributed by atoms with Crippen molar-refractivity contribution in [3.8, 4) is 0 Å². The molecule has 94 valence electrons. The zero-order valence-electron chi connectivity index (χ0n) is 10.5. The Hall–Kier alpha value is -0.940. The van der Waals surface area contributed by atoms with Crippen LogP contribution in [-0.2, 0) is 11.3 Å². The molecule has 0 unspecified atom stereocenters. The molecule has 1 saturated carbocycles. The van der Waals surface area contributed by atoms with Crippen LogP contribution in [0.3, 0.4) is 0 Å². The van der Waals surface area contributed by atoms with Crippen molar-refractivity contribution in [2.75, 3.05) is 7.05 Å². The van der Waals surface area contributed by atoms with Crippen molar-refractivity contribution in [2.24, 2.45) is 0 Å². The van der Waals surface area contributed by atoms with Crippen molar-refractivity contribution >= 4 is 17.2 Å². The number of rotatable bonds is 5. The van der Waals surface area contributed by atoms with E-state index in [1.54, 1.807) is 18.4 Å². The molecule has 0 radical (unpaired) electrons. The molecule has 0 bridgehead atoms. The Labute approximate surface area is 106 Å². The molecule has 1 aliphatic rings. The monoisotopic (exact) mass is 253 g/mol. The minimum absolute atomic E-state index is 0.00410. The second-order valence-corrected chi connectivity index (χ2v) is 6.14. The van der Waals surface area contributed by atoms with E-state index in [2.05, 4.69) is 15.6 Å². The SMILES string of the molecule is CNC(=O)C(C)(C)NCc1cnc(C2CC2)s1. The van der Waals surface area contributed by atoms with Crippen molar-refractivity contribution in [1.82, 2.24) is 15.6 Å². The molecular formula is C12H19N3OS. The molecule has 0 saturated heterocycles. The molecule has 4 nitrogen and oxygen atoms in total. The molecule has 0 aromatic carbocycles. The van der Waals surface area contributed by atoms with E-state index in [0.29, 0.717) is 12.5 Å². The van der Waals surface area contributed by atoms with E-state index < -0.39 is 5.54 Å². The molecule has 0 aliphatic heterocycles. The molecule has 1 aromatic heterocycles. The lowest BCUT2D eigenvalue weighted by molar-refractivity contribution is -0.126. The van der Waals surface area contributed by atoms with E-state index in [0.717, 1.165) is 0 Å². The van der Waals surface area contributed by atoms with E-state index in [4.69, 9.17) is 0 Å². The zero-order valence-corrected chi connectivity index (χ0v) is 11.4. The highest BCUT2D eigenvalue weighted by Crippen LogP contribution is 2.41. The Morgan fingerprint density at radius 3 is 2.88 bits per heavy atom. The number of thiazole rings is 1. The van der Waals surface area contributed by atoms with Crippen molar-refractivity contribution in [1.29, 1.82) is 0 Å². The first-order chi connectivity index (χ1) is 8.03. The van der Waals surface area contributed by atoms with Gasteiger partial charge in [-0.25, -0.2) is 4.98 Å². The summed E-state index contributed by atoms with van der Waals surface area (Å²) in [5, 5.41) is 7.17. The van der Waals surface area contributed by atoms with Crippen LogP contribution >= 0.6 is 11.3 Å². The minimum Gasteiger partial charge on any atom is -0.358 e. The van der Waals surface area contributed by atoms with Gasteiger partial charge in [0.2, 0.25) is 5.91 Å². The van der Waals surface area contributed by atoms with Gasteiger partial charge in [-0.1, -0.05) is 0 Å². The van der Waals surface area contributed by atoms with Crippen molar-refractivity contribution < 1.29 is 4.79 Å². The van der Waals surface area contributed by atoms with Crippen LogP contribution in [0, 0.1) is 0 Å². The summed E-state index contributed by atoms with van der Waals surface area (Å²) in [5.74, 6) is 0.713. The number of hydrogen-bond acceptors (Lipinski definition) is 4. The van der Waals surface area contributed by atoms with Gasteiger partial charge in [0.15, 0.2) is 0 Å². The Kier molecular flexibility index (Phi) is 3.49. The van der Waals surface area contributed by atoms with Crippen LogP contribution in [-0.4, -0.2) is 23.5 Å². The predicted molar refractivity (Wildman–Crippen MR) is 69.1 cm³/mol. The Morgan fingerprint density at radius 2 is 2.29 bits per heavy atom. The Balaban J connectivity index is 1.90. The average Bonchev–Trinajstić information content (AvgIpc) is 3.05. The van der Waals surface area contributed by atoms with Gasteiger partial charge in [0.1, 0.15) is 0 Å². The largest absolute Gasteiger partial charge is 0.358 e. The van der Waals surface area contributed by atoms with E-state index in [1.165, 1.54) is 22.7 Å². The maximum absolute atomic E-state index is 11.6. The summed E-state index contributed by atoms with van der Waals surface area (Å²) in [5.41, 5.74) is -0.543. The maximum Gasteiger partial charge on any atom is 0.239 e. The summed E-state index contributed by atoms with van der Waals surface area (Å²) in [6.45, 7) is 4.47. The van der Waals surface area contributed by atoms with Gasteiger partial charge in [0.25, 0.3) is 0 Å². The van der Waals surface area contributed by atoms with Gasteiger partial charge in [0.05, 0.1) is 10.5 Å². The van der Waals surface area contributed by atoms with E-state index in [-0.39, 0.29) is 5.91 Å². The number of carbonyl (C=O) groups excluding carboxylic acids is 1. The molecule has 17 heavy (non-hydrogen) atoms. The fourth-order valence-electron chi connectivity index (χ4n) is 1.62. The highest BCUT2D eigenvalue weighted by atomic mass is 32.1. The van der Waals surface area contributed by atoms with Gasteiger partial charge < -0.3 is 5.32 Å². The molecule has 2 rings (SSSR count). The standard InChI is InChI=1S/C12H19N3OS/c1-12(2,11(16)13-3)15-7-9-6-14-10(17-9)8-4-5-8/h6,8,15H,4-5,7H2,1-3H3,(H,13,16). The highest BCUT2D eigenvalue weighted by Gasteiger charge is 2.28. The van der Waals surface area contributed by atoms with Gasteiger partial charge in [0, 0.05) is 30.6 Å². The fraction of sp³-hybridized carbons (Fsp3) is 0.667. The Bertz CT molecular complexity index is 410. The van der Waals surface area contributed by atoms with Gasteiger partial charge in [-0.2, -0.15) is 0 Å². The van der Waals surface area contributed by atoms with Crippen LogP contribution in [0.1, 0.15) is 42.5 Å². The van der Waals surface area contributed by atoms with Crippen molar-refractivity contribution in [3.05, 3.63) is 16.1 Å². The van der Waals surface area contributed by atoms with Crippen LogP contribution in [0.25, 0.3) is 0 Å². The average molecular weight is 253 g/mol. The lowest BCUT2D eigenvalue weighted by Gasteiger charge is -2.23. The lowest BCUT2D eigenvalue weighted by atomic mass is 10.1. The zero-order chi connectivity index (χ0) is 12.5. The molecule has 1 heterocycles. The lowest BCUT2D eigenvalue weighted by Crippen LogP contribution is -2.51. The first-order valence-electron chi connectivity index (χ1n) is 5.95. The molecular weight excluding hydrogens is 234 g/mol. The number of nitrogens with zero attached hydrogens (tertiary/aromatic N) is 1. The third kappa shape index (κ3) is 3.04. The number of likely N-dealkylation sites (N-methyl/N-ethyl adjacent to an activating group) is 1. The number of nitrogens with one attached hydrogen (secondary N) is 2. The first-order valence-corrected chi connectivity index (χ1v) is 6.76. The van der Waals surface area contributed by atoms with Crippen molar-refractivity contribution in [3.63, 3.8) is 0 Å². The predicted octanol–water partition coefficient (Wildman–Crippen LogP) is 1.63. The van der Waals surface area contributed by atoms with Gasteiger partial charge in [-0.15, -0.1) is 11.3 Å². The molecule has 1 aliphatic carbocycles. The van der Waals surface area contributed by atoms with Crippen LogP contribution in [0.4, 0.5) is 0 Å². The molecule has 5 heteroatoms. The molecule has 1 amide bonds. The van der Waals surface area contributed by atoms with Gasteiger partial charge >= 0.3 is 0 Å². The van der Waals surface area contributed by atoms with Crippen LogP contribution in [0.5, 0.6) is 0 Å². The Morgan fingerprint density at radius 1 is 1.59 bits per heavy atom. The van der Waals surface area contributed by atoms with E-state index >= 15 is 0 Å². The fourth-order valence-corrected chi connectivity index (χ4v) is 2.65. The summed E-state index contributed by atoms with van der Waals surface area (Å²) < 4.78 is 0. The number of hydrogen-bond donors (Lipinski definition) is 2. The number of amides is 1. The quantitative estimate of drug-likeness (QED) is 0.838. The molecule has 0 spiro atoms. The third-order valence-electron chi connectivity index (χ3n) is 3.00. The summed E-state index contributed by atoms with van der Waals surface area (Å²) in [6, 6.07) is 0. The molecule has 2 N–H and O–H groups in total. The number of carbonyl (C=O) groups is 1. The maximum atomic E-state index is 11.6.